The zero-order chi connectivity index (χ0) is 20.2. The number of fused-ring (bicyclic) bond motifs is 1. The average molecular weight is 392 g/mol. The molecule has 1 aromatic heterocycles. The average Bonchev–Trinajstić information content (AvgIpc) is 3.16. The Balaban J connectivity index is 1.49. The van der Waals surface area contributed by atoms with Crippen LogP contribution in [0.5, 0.6) is 11.5 Å². The van der Waals surface area contributed by atoms with Gasteiger partial charge < -0.3 is 24.8 Å². The lowest BCUT2D eigenvalue weighted by atomic mass is 10.2. The number of esters is 1. The third-order valence-electron chi connectivity index (χ3n) is 4.15. The van der Waals surface area contributed by atoms with Crippen molar-refractivity contribution < 1.29 is 19.0 Å². The van der Waals surface area contributed by atoms with E-state index >= 15 is 0 Å². The summed E-state index contributed by atoms with van der Waals surface area (Å²) in [6.07, 6.45) is 0. The molecule has 2 heterocycles. The number of anilines is 4. The molecule has 1 aliphatic heterocycles. The second-order valence-corrected chi connectivity index (χ2v) is 6.33. The Morgan fingerprint density at radius 1 is 1.00 bits per heavy atom. The van der Waals surface area contributed by atoms with Gasteiger partial charge in [-0.25, -0.2) is 9.78 Å². The molecular weight excluding hydrogens is 372 g/mol. The van der Waals surface area contributed by atoms with Gasteiger partial charge in [0.25, 0.3) is 0 Å². The second-order valence-electron chi connectivity index (χ2n) is 6.33. The van der Waals surface area contributed by atoms with Gasteiger partial charge >= 0.3 is 5.97 Å². The summed E-state index contributed by atoms with van der Waals surface area (Å²) in [5.74, 6) is 2.16. The molecule has 4 rings (SSSR count). The van der Waals surface area contributed by atoms with Crippen LogP contribution in [-0.2, 0) is 4.74 Å². The first-order valence-corrected chi connectivity index (χ1v) is 9.17. The minimum atomic E-state index is -0.346. The molecule has 3 aromatic rings. The van der Waals surface area contributed by atoms with Gasteiger partial charge in [-0.1, -0.05) is 0 Å². The van der Waals surface area contributed by atoms with E-state index in [1.807, 2.05) is 31.2 Å². The first-order valence-electron chi connectivity index (χ1n) is 9.17. The lowest BCUT2D eigenvalue weighted by Gasteiger charge is -2.11. The van der Waals surface area contributed by atoms with Crippen LogP contribution in [0.4, 0.5) is 23.1 Å². The Morgan fingerprint density at radius 3 is 2.55 bits per heavy atom. The highest BCUT2D eigenvalue weighted by Crippen LogP contribution is 2.35. The summed E-state index contributed by atoms with van der Waals surface area (Å²) >= 11 is 0. The van der Waals surface area contributed by atoms with Gasteiger partial charge in [-0.3, -0.25) is 0 Å². The third-order valence-corrected chi connectivity index (χ3v) is 4.15. The van der Waals surface area contributed by atoms with Crippen LogP contribution in [0.1, 0.15) is 23.0 Å². The van der Waals surface area contributed by atoms with Crippen molar-refractivity contribution in [2.75, 3.05) is 24.0 Å². The van der Waals surface area contributed by atoms with Gasteiger partial charge in [-0.05, 0) is 50.2 Å². The molecule has 29 heavy (non-hydrogen) atoms. The van der Waals surface area contributed by atoms with Gasteiger partial charge in [0.05, 0.1) is 12.2 Å². The van der Waals surface area contributed by atoms with E-state index in [1.165, 1.54) is 0 Å². The fraction of sp³-hybridized carbons (Fsp3) is 0.190. The lowest BCUT2D eigenvalue weighted by Crippen LogP contribution is -2.05. The zero-order valence-corrected chi connectivity index (χ0v) is 16.1. The van der Waals surface area contributed by atoms with E-state index < -0.39 is 0 Å². The molecule has 0 bridgehead atoms. The van der Waals surface area contributed by atoms with Crippen LogP contribution in [0.15, 0.2) is 48.5 Å². The summed E-state index contributed by atoms with van der Waals surface area (Å²) in [5, 5.41) is 6.40. The molecule has 0 unspecified atom stereocenters. The highest BCUT2D eigenvalue weighted by atomic mass is 16.7. The number of rotatable bonds is 6. The molecule has 0 aliphatic carbocycles. The number of nitrogens with zero attached hydrogens (tertiary/aromatic N) is 2. The molecule has 2 aromatic carbocycles. The van der Waals surface area contributed by atoms with Gasteiger partial charge in [0, 0.05) is 29.2 Å². The topological polar surface area (TPSA) is 94.6 Å². The van der Waals surface area contributed by atoms with E-state index in [0.29, 0.717) is 29.7 Å². The molecule has 148 valence electrons. The quantitative estimate of drug-likeness (QED) is 0.604. The SMILES string of the molecule is CCOC(=O)c1ccc(Nc2nc(C)cc(Nc3ccc4c(c3)OCO4)n2)cc1. The van der Waals surface area contributed by atoms with Crippen LogP contribution in [0.25, 0.3) is 0 Å². The standard InChI is InChI=1S/C21H20N4O4/c1-3-27-20(26)14-4-6-15(7-5-14)24-21-22-13(2)10-19(25-21)23-16-8-9-17-18(11-16)29-12-28-17/h4-11H,3,12H2,1-2H3,(H2,22,23,24,25). The van der Waals surface area contributed by atoms with E-state index in [0.717, 1.165) is 22.8 Å². The Kier molecular flexibility index (Phi) is 5.15. The van der Waals surface area contributed by atoms with Gasteiger partial charge in [-0.15, -0.1) is 0 Å². The summed E-state index contributed by atoms with van der Waals surface area (Å²) in [7, 11) is 0. The number of aryl methyl sites for hydroxylation is 1. The summed E-state index contributed by atoms with van der Waals surface area (Å²) in [5.41, 5.74) is 2.89. The van der Waals surface area contributed by atoms with Crippen LogP contribution in [0.2, 0.25) is 0 Å². The number of benzene rings is 2. The Morgan fingerprint density at radius 2 is 1.76 bits per heavy atom. The van der Waals surface area contributed by atoms with Crippen molar-refractivity contribution in [1.29, 1.82) is 0 Å². The monoisotopic (exact) mass is 392 g/mol. The predicted molar refractivity (Wildman–Crippen MR) is 108 cm³/mol. The van der Waals surface area contributed by atoms with Crippen molar-refractivity contribution in [2.24, 2.45) is 0 Å². The lowest BCUT2D eigenvalue weighted by molar-refractivity contribution is 0.0526. The maximum absolute atomic E-state index is 11.8. The summed E-state index contributed by atoms with van der Waals surface area (Å²) in [6, 6.07) is 14.4. The van der Waals surface area contributed by atoms with Crippen molar-refractivity contribution in [3.8, 4) is 11.5 Å². The van der Waals surface area contributed by atoms with E-state index in [4.69, 9.17) is 14.2 Å². The fourth-order valence-corrected chi connectivity index (χ4v) is 2.84. The maximum Gasteiger partial charge on any atom is 0.338 e. The molecule has 8 heteroatoms. The molecule has 2 N–H and O–H groups in total. The van der Waals surface area contributed by atoms with Crippen molar-refractivity contribution in [2.45, 2.75) is 13.8 Å². The van der Waals surface area contributed by atoms with E-state index in [1.54, 1.807) is 31.2 Å². The van der Waals surface area contributed by atoms with Gasteiger partial charge in [-0.2, -0.15) is 4.98 Å². The van der Waals surface area contributed by atoms with Crippen LogP contribution in [0.3, 0.4) is 0 Å². The summed E-state index contributed by atoms with van der Waals surface area (Å²) in [4.78, 5) is 20.7. The molecule has 0 saturated carbocycles. The number of carbonyl (C=O) groups excluding carboxylic acids is 1. The number of ether oxygens (including phenoxy) is 3. The highest BCUT2D eigenvalue weighted by Gasteiger charge is 2.14. The number of hydrogen-bond acceptors (Lipinski definition) is 8. The highest BCUT2D eigenvalue weighted by molar-refractivity contribution is 5.89. The smallest absolute Gasteiger partial charge is 0.338 e. The number of nitrogens with one attached hydrogen (secondary N) is 2. The van der Waals surface area contributed by atoms with Crippen molar-refractivity contribution in [3.05, 3.63) is 59.8 Å². The minimum absolute atomic E-state index is 0.231. The summed E-state index contributed by atoms with van der Waals surface area (Å²) < 4.78 is 15.7. The molecule has 0 radical (unpaired) electrons. The molecular formula is C21H20N4O4. The molecule has 1 aliphatic rings. The minimum Gasteiger partial charge on any atom is -0.462 e. The third kappa shape index (κ3) is 4.37. The maximum atomic E-state index is 11.8. The summed E-state index contributed by atoms with van der Waals surface area (Å²) in [6.45, 7) is 4.24. The Bertz CT molecular complexity index is 1040. The number of hydrogen-bond donors (Lipinski definition) is 2. The van der Waals surface area contributed by atoms with Gasteiger partial charge in [0.1, 0.15) is 5.82 Å². The normalized spacial score (nSPS) is 11.8. The molecule has 8 nitrogen and oxygen atoms in total. The Hall–Kier alpha value is -3.81. The van der Waals surface area contributed by atoms with E-state index in [2.05, 4.69) is 20.6 Å². The van der Waals surface area contributed by atoms with Gasteiger partial charge in [0.15, 0.2) is 11.5 Å². The first-order chi connectivity index (χ1) is 14.1. The zero-order valence-electron chi connectivity index (χ0n) is 16.1. The van der Waals surface area contributed by atoms with E-state index in [-0.39, 0.29) is 12.8 Å². The van der Waals surface area contributed by atoms with Crippen LogP contribution < -0.4 is 20.1 Å². The number of carbonyl (C=O) groups is 1. The molecule has 0 fully saturated rings. The molecule has 0 saturated heterocycles. The Labute approximate surface area is 167 Å². The van der Waals surface area contributed by atoms with Crippen LogP contribution in [-0.4, -0.2) is 29.3 Å². The molecule has 0 spiro atoms. The van der Waals surface area contributed by atoms with Crippen molar-refractivity contribution in [3.63, 3.8) is 0 Å². The van der Waals surface area contributed by atoms with Gasteiger partial charge in [0.2, 0.25) is 12.7 Å². The van der Waals surface area contributed by atoms with Crippen LogP contribution >= 0.6 is 0 Å². The van der Waals surface area contributed by atoms with Crippen LogP contribution in [0, 0.1) is 6.92 Å². The second kappa shape index (κ2) is 8.05. The predicted octanol–water partition coefficient (Wildman–Crippen LogP) is 4.18. The fourth-order valence-electron chi connectivity index (χ4n) is 2.84. The van der Waals surface area contributed by atoms with E-state index in [9.17, 15) is 4.79 Å². The van der Waals surface area contributed by atoms with Crippen molar-refractivity contribution in [1.82, 2.24) is 9.97 Å². The molecule has 0 amide bonds. The number of aromatic nitrogens is 2. The molecule has 0 atom stereocenters. The largest absolute Gasteiger partial charge is 0.462 e. The first kappa shape index (κ1) is 18.5. The van der Waals surface area contributed by atoms with Crippen molar-refractivity contribution >= 4 is 29.1 Å².